The van der Waals surface area contributed by atoms with Gasteiger partial charge in [-0.15, -0.1) is 0 Å². The lowest BCUT2D eigenvalue weighted by Gasteiger charge is -2.25. The first-order valence-electron chi connectivity index (χ1n) is 9.88. The van der Waals surface area contributed by atoms with Crippen LogP contribution in [0.15, 0.2) is 24.3 Å². The summed E-state index contributed by atoms with van der Waals surface area (Å²) in [4.78, 5) is 46.0. The molecule has 9 nitrogen and oxygen atoms in total. The Bertz CT molecular complexity index is 1010. The molecule has 0 aliphatic carbocycles. The fourth-order valence-corrected chi connectivity index (χ4v) is 4.74. The van der Waals surface area contributed by atoms with Crippen molar-refractivity contribution in [3.63, 3.8) is 0 Å². The van der Waals surface area contributed by atoms with Crippen LogP contribution in [0.5, 0.6) is 0 Å². The van der Waals surface area contributed by atoms with E-state index in [-0.39, 0.29) is 18.9 Å². The summed E-state index contributed by atoms with van der Waals surface area (Å²) >= 11 is 7.28. The van der Waals surface area contributed by atoms with Crippen molar-refractivity contribution in [2.24, 2.45) is 5.92 Å². The van der Waals surface area contributed by atoms with Crippen molar-refractivity contribution in [1.29, 1.82) is 0 Å². The molecule has 31 heavy (non-hydrogen) atoms. The summed E-state index contributed by atoms with van der Waals surface area (Å²) in [7, 11) is 0. The summed E-state index contributed by atoms with van der Waals surface area (Å²) in [6.07, 6.45) is 0.0645. The molecule has 1 aromatic carbocycles. The van der Waals surface area contributed by atoms with Crippen molar-refractivity contribution in [2.45, 2.75) is 13.3 Å². The molecular formula is C20H22ClN5O4S. The number of rotatable bonds is 4. The topological polar surface area (TPSA) is 104 Å². The molecule has 0 radical (unpaired) electrons. The molecule has 2 aliphatic rings. The van der Waals surface area contributed by atoms with Crippen LogP contribution in [0.3, 0.4) is 0 Å². The van der Waals surface area contributed by atoms with Gasteiger partial charge in [-0.3, -0.25) is 25.2 Å². The van der Waals surface area contributed by atoms with Gasteiger partial charge in [0.25, 0.3) is 5.91 Å². The second kappa shape index (κ2) is 9.21. The maximum absolute atomic E-state index is 12.6. The minimum Gasteiger partial charge on any atom is -0.378 e. The minimum atomic E-state index is -0.571. The van der Waals surface area contributed by atoms with Crippen LogP contribution in [0.2, 0.25) is 5.02 Å². The van der Waals surface area contributed by atoms with Crippen LogP contribution in [0.4, 0.5) is 10.8 Å². The number of ether oxygens (including phenoxy) is 1. The minimum absolute atomic E-state index is 0.0645. The number of hydrogen-bond acceptors (Lipinski definition) is 7. The van der Waals surface area contributed by atoms with E-state index < -0.39 is 17.7 Å². The van der Waals surface area contributed by atoms with Crippen molar-refractivity contribution < 1.29 is 19.1 Å². The number of aryl methyl sites for hydroxylation is 1. The summed E-state index contributed by atoms with van der Waals surface area (Å²) in [5.74, 6) is -1.58. The van der Waals surface area contributed by atoms with Gasteiger partial charge in [0.2, 0.25) is 11.8 Å². The number of hydrazine groups is 1. The average Bonchev–Trinajstić information content (AvgIpc) is 3.35. The standard InChI is InChI=1S/C20H22ClN5O4S/c1-12-17(31-20(22-12)25-5-7-30-8-6-25)19(29)24-23-18(28)13-9-16(27)26(11-13)15-4-2-3-14(21)10-15/h2-4,10,13H,5-9,11H2,1H3,(H,23,28)(H,24,29). The molecule has 1 atom stereocenters. The molecule has 2 aromatic rings. The Balaban J connectivity index is 1.34. The number of nitrogens with zero attached hydrogens (tertiary/aromatic N) is 3. The number of benzene rings is 1. The summed E-state index contributed by atoms with van der Waals surface area (Å²) in [5, 5.41) is 1.28. The highest BCUT2D eigenvalue weighted by molar-refractivity contribution is 7.17. The Labute approximate surface area is 188 Å². The SMILES string of the molecule is Cc1nc(N2CCOCC2)sc1C(=O)NNC(=O)C1CC(=O)N(c2cccc(Cl)c2)C1. The Hall–Kier alpha value is -2.69. The van der Waals surface area contributed by atoms with Gasteiger partial charge < -0.3 is 14.5 Å². The van der Waals surface area contributed by atoms with Gasteiger partial charge in [0.1, 0.15) is 4.88 Å². The quantitative estimate of drug-likeness (QED) is 0.669. The van der Waals surface area contributed by atoms with Gasteiger partial charge in [-0.1, -0.05) is 29.0 Å². The molecule has 1 unspecified atom stereocenters. The van der Waals surface area contributed by atoms with E-state index in [9.17, 15) is 14.4 Å². The summed E-state index contributed by atoms with van der Waals surface area (Å²) < 4.78 is 5.34. The van der Waals surface area contributed by atoms with E-state index in [0.717, 1.165) is 18.2 Å². The molecule has 3 amide bonds. The Kier molecular flexibility index (Phi) is 6.40. The smallest absolute Gasteiger partial charge is 0.281 e. The van der Waals surface area contributed by atoms with Crippen molar-refractivity contribution in [2.75, 3.05) is 42.6 Å². The predicted octanol–water partition coefficient (Wildman–Crippen LogP) is 1.76. The number of anilines is 2. The molecule has 0 saturated carbocycles. The van der Waals surface area contributed by atoms with E-state index in [1.165, 1.54) is 16.2 Å². The number of amides is 3. The second-order valence-corrected chi connectivity index (χ2v) is 8.75. The monoisotopic (exact) mass is 463 g/mol. The van der Waals surface area contributed by atoms with Crippen molar-refractivity contribution in [3.8, 4) is 0 Å². The maximum atomic E-state index is 12.6. The Morgan fingerprint density at radius 3 is 2.77 bits per heavy atom. The number of aromatic nitrogens is 1. The number of carbonyl (C=O) groups is 3. The van der Waals surface area contributed by atoms with Crippen LogP contribution >= 0.6 is 22.9 Å². The van der Waals surface area contributed by atoms with Crippen LogP contribution in [0.1, 0.15) is 21.8 Å². The van der Waals surface area contributed by atoms with Crippen LogP contribution in [-0.4, -0.2) is 55.6 Å². The number of carbonyl (C=O) groups excluding carboxylic acids is 3. The van der Waals surface area contributed by atoms with Gasteiger partial charge in [0.15, 0.2) is 5.13 Å². The van der Waals surface area contributed by atoms with Gasteiger partial charge in [-0.05, 0) is 25.1 Å². The third-order valence-corrected chi connectivity index (χ3v) is 6.64. The maximum Gasteiger partial charge on any atom is 0.281 e. The zero-order chi connectivity index (χ0) is 22.0. The molecule has 4 rings (SSSR count). The van der Waals surface area contributed by atoms with E-state index in [1.54, 1.807) is 31.2 Å². The highest BCUT2D eigenvalue weighted by Crippen LogP contribution is 2.28. The molecule has 0 bridgehead atoms. The lowest BCUT2D eigenvalue weighted by Crippen LogP contribution is -2.45. The molecule has 3 heterocycles. The molecule has 2 saturated heterocycles. The largest absolute Gasteiger partial charge is 0.378 e. The fraction of sp³-hybridized carbons (Fsp3) is 0.400. The molecule has 0 spiro atoms. The molecule has 1 aromatic heterocycles. The second-order valence-electron chi connectivity index (χ2n) is 7.34. The first-order chi connectivity index (χ1) is 14.9. The third-order valence-electron chi connectivity index (χ3n) is 5.19. The van der Waals surface area contributed by atoms with Crippen LogP contribution in [-0.2, 0) is 14.3 Å². The first kappa shape index (κ1) is 21.5. The lowest BCUT2D eigenvalue weighted by atomic mass is 10.1. The van der Waals surface area contributed by atoms with Gasteiger partial charge in [-0.2, -0.15) is 0 Å². The zero-order valence-corrected chi connectivity index (χ0v) is 18.5. The Morgan fingerprint density at radius 1 is 1.26 bits per heavy atom. The molecule has 2 fully saturated rings. The van der Waals surface area contributed by atoms with Gasteiger partial charge in [0, 0.05) is 36.8 Å². The molecular weight excluding hydrogens is 442 g/mol. The summed E-state index contributed by atoms with van der Waals surface area (Å²) in [6, 6.07) is 6.92. The third kappa shape index (κ3) is 4.81. The van der Waals surface area contributed by atoms with Crippen molar-refractivity contribution in [1.82, 2.24) is 15.8 Å². The van der Waals surface area contributed by atoms with Crippen LogP contribution < -0.4 is 20.7 Å². The number of nitrogens with one attached hydrogen (secondary N) is 2. The molecule has 164 valence electrons. The van der Waals surface area contributed by atoms with E-state index in [4.69, 9.17) is 16.3 Å². The number of thiazole rings is 1. The van der Waals surface area contributed by atoms with Gasteiger partial charge >= 0.3 is 0 Å². The summed E-state index contributed by atoms with van der Waals surface area (Å²) in [6.45, 7) is 4.69. The molecule has 2 N–H and O–H groups in total. The highest BCUT2D eigenvalue weighted by Gasteiger charge is 2.35. The normalized spacial score (nSPS) is 18.9. The highest BCUT2D eigenvalue weighted by atomic mass is 35.5. The zero-order valence-electron chi connectivity index (χ0n) is 16.9. The van der Waals surface area contributed by atoms with Crippen LogP contribution in [0, 0.1) is 12.8 Å². The van der Waals surface area contributed by atoms with E-state index in [1.807, 2.05) is 0 Å². The first-order valence-corrected chi connectivity index (χ1v) is 11.1. The van der Waals surface area contributed by atoms with E-state index >= 15 is 0 Å². The van der Waals surface area contributed by atoms with Crippen molar-refractivity contribution >= 4 is 51.5 Å². The number of morpholine rings is 1. The summed E-state index contributed by atoms with van der Waals surface area (Å²) in [5.41, 5.74) is 6.14. The van der Waals surface area contributed by atoms with E-state index in [2.05, 4.69) is 20.7 Å². The van der Waals surface area contributed by atoms with Crippen LogP contribution in [0.25, 0.3) is 0 Å². The fourth-order valence-electron chi connectivity index (χ4n) is 3.54. The molecule has 2 aliphatic heterocycles. The van der Waals surface area contributed by atoms with Crippen molar-refractivity contribution in [3.05, 3.63) is 39.9 Å². The molecule has 11 heteroatoms. The number of halogens is 1. The van der Waals surface area contributed by atoms with Gasteiger partial charge in [0.05, 0.1) is 24.8 Å². The average molecular weight is 464 g/mol. The Morgan fingerprint density at radius 2 is 2.03 bits per heavy atom. The number of hydrogen-bond donors (Lipinski definition) is 2. The lowest BCUT2D eigenvalue weighted by molar-refractivity contribution is -0.126. The van der Waals surface area contributed by atoms with Gasteiger partial charge in [-0.25, -0.2) is 4.98 Å². The predicted molar refractivity (Wildman–Crippen MR) is 117 cm³/mol. The van der Waals surface area contributed by atoms with E-state index in [0.29, 0.717) is 34.5 Å².